The van der Waals surface area contributed by atoms with Crippen LogP contribution in [0.4, 0.5) is 10.5 Å². The maximum absolute atomic E-state index is 14.2. The van der Waals surface area contributed by atoms with Gasteiger partial charge in [0.1, 0.15) is 18.1 Å². The number of urea groups is 1. The van der Waals surface area contributed by atoms with E-state index in [4.69, 9.17) is 5.73 Å². The second-order valence-electron chi connectivity index (χ2n) is 10.8. The van der Waals surface area contributed by atoms with Gasteiger partial charge in [-0.25, -0.2) is 14.5 Å². The number of nitrogens with two attached hydrogens (primary N) is 1. The number of amides is 5. The number of aromatic nitrogens is 1. The molecule has 0 saturated carbocycles. The summed E-state index contributed by atoms with van der Waals surface area (Å²) in [5, 5.41) is 13.0. The summed E-state index contributed by atoms with van der Waals surface area (Å²) in [5.74, 6) is -3.33. The zero-order valence-corrected chi connectivity index (χ0v) is 23.2. The van der Waals surface area contributed by atoms with E-state index in [0.717, 1.165) is 38.2 Å². The van der Waals surface area contributed by atoms with Crippen LogP contribution in [0.2, 0.25) is 0 Å². The zero-order chi connectivity index (χ0) is 30.4. The quantitative estimate of drug-likeness (QED) is 0.234. The Morgan fingerprint density at radius 3 is 2.44 bits per heavy atom. The molecule has 11 nitrogen and oxygen atoms in total. The summed E-state index contributed by atoms with van der Waals surface area (Å²) in [4.78, 5) is 70.7. The first-order chi connectivity index (χ1) is 20.7. The van der Waals surface area contributed by atoms with Gasteiger partial charge in [0.2, 0.25) is 5.91 Å². The smallest absolute Gasteiger partial charge is 0.332 e. The lowest BCUT2D eigenvalue weighted by molar-refractivity contribution is -0.139. The Kier molecular flexibility index (Phi) is 6.93. The van der Waals surface area contributed by atoms with Gasteiger partial charge in [0, 0.05) is 29.4 Å². The van der Waals surface area contributed by atoms with E-state index in [1.807, 2.05) is 55.5 Å². The molecule has 1 aromatic heterocycles. The molecule has 5 N–H and O–H groups in total. The van der Waals surface area contributed by atoms with Crippen LogP contribution in [0.5, 0.6) is 0 Å². The highest BCUT2D eigenvalue weighted by atomic mass is 16.4. The first-order valence-corrected chi connectivity index (χ1v) is 13.9. The molecule has 0 radical (unpaired) electrons. The molecule has 2 aliphatic heterocycles. The summed E-state index contributed by atoms with van der Waals surface area (Å²) in [5.41, 5.74) is 9.72. The van der Waals surface area contributed by atoms with Gasteiger partial charge in [0.15, 0.2) is 0 Å². The van der Waals surface area contributed by atoms with Crippen LogP contribution in [0.3, 0.4) is 0 Å². The fourth-order valence-electron chi connectivity index (χ4n) is 6.03. The number of carbonyl (C=O) groups excluding carboxylic acids is 4. The Balaban J connectivity index is 1.40. The summed E-state index contributed by atoms with van der Waals surface area (Å²) in [6, 6.07) is 18.3. The van der Waals surface area contributed by atoms with E-state index in [-0.39, 0.29) is 30.5 Å². The van der Waals surface area contributed by atoms with Crippen molar-refractivity contribution in [2.24, 2.45) is 5.73 Å². The second kappa shape index (κ2) is 10.8. The number of hydrogen-bond acceptors (Lipinski definition) is 5. The Hall–Kier alpha value is -5.45. The third-order valence-corrected chi connectivity index (χ3v) is 8.11. The fraction of sp³-hybridized carbons (Fsp3) is 0.219. The minimum Gasteiger partial charge on any atom is -0.480 e. The molecule has 11 heteroatoms. The van der Waals surface area contributed by atoms with Crippen LogP contribution in [-0.4, -0.2) is 56.8 Å². The normalized spacial score (nSPS) is 18.3. The summed E-state index contributed by atoms with van der Waals surface area (Å²) < 4.78 is 0. The highest BCUT2D eigenvalue weighted by molar-refractivity contribution is 6.24. The molecule has 4 aromatic rings. The number of aromatic amines is 1. The number of aliphatic carboxylic acids is 1. The number of para-hydroxylation sites is 2. The predicted octanol–water partition coefficient (Wildman–Crippen LogP) is 3.41. The topological polar surface area (TPSA) is 166 Å². The van der Waals surface area contributed by atoms with Crippen LogP contribution in [0.1, 0.15) is 51.6 Å². The van der Waals surface area contributed by atoms with E-state index in [9.17, 15) is 29.1 Å². The molecule has 0 unspecified atom stereocenters. The van der Waals surface area contributed by atoms with E-state index in [1.165, 1.54) is 12.1 Å². The molecule has 0 aliphatic carbocycles. The van der Waals surface area contributed by atoms with Crippen molar-refractivity contribution in [1.29, 1.82) is 0 Å². The van der Waals surface area contributed by atoms with Gasteiger partial charge in [-0.2, -0.15) is 0 Å². The number of carboxylic acids is 1. The Morgan fingerprint density at radius 2 is 1.72 bits per heavy atom. The van der Waals surface area contributed by atoms with Crippen LogP contribution in [0, 0.1) is 6.92 Å². The van der Waals surface area contributed by atoms with Crippen LogP contribution < -0.4 is 16.0 Å². The third kappa shape index (κ3) is 4.78. The SMILES string of the molecule is Cc1ccc([C@@H]2c3[nH]c4ccccc4c3C[C@H]3C(=O)N(c4ccccc4C(=O)N[C@H](CCC(N)=O)C(=O)O)C(=O)N23)cc1. The van der Waals surface area contributed by atoms with E-state index in [1.54, 1.807) is 17.0 Å². The molecule has 2 aliphatic rings. The van der Waals surface area contributed by atoms with Crippen molar-refractivity contribution in [3.05, 3.63) is 101 Å². The molecule has 218 valence electrons. The molecule has 1 saturated heterocycles. The van der Waals surface area contributed by atoms with Crippen LogP contribution in [0.25, 0.3) is 10.9 Å². The summed E-state index contributed by atoms with van der Waals surface area (Å²) in [6.07, 6.45) is -0.168. The molecule has 6 rings (SSSR count). The standard InChI is InChI=1S/C32H29N5O6/c1-17-10-12-18(13-11-17)28-27-21(19-6-2-4-8-22(19)34-27)16-25-30(40)37(32(43)36(25)28)24-9-5-3-7-20(24)29(39)35-23(31(41)42)14-15-26(33)38/h2-13,23,25,28,34H,14-16H2,1H3,(H2,33,38)(H,35,39)(H,41,42)/t23-,25+,28-/m1/s1. The van der Waals surface area contributed by atoms with Crippen molar-refractivity contribution in [3.8, 4) is 0 Å². The van der Waals surface area contributed by atoms with Crippen molar-refractivity contribution in [2.75, 3.05) is 4.90 Å². The lowest BCUT2D eigenvalue weighted by atomic mass is 9.88. The number of H-pyrrole nitrogens is 1. The highest BCUT2D eigenvalue weighted by Crippen LogP contribution is 2.45. The first kappa shape index (κ1) is 27.7. The summed E-state index contributed by atoms with van der Waals surface area (Å²) in [7, 11) is 0. The van der Waals surface area contributed by atoms with Gasteiger partial charge in [-0.05, 0) is 42.7 Å². The third-order valence-electron chi connectivity index (χ3n) is 8.11. The number of carboxylic acid groups (broad SMARTS) is 1. The van der Waals surface area contributed by atoms with Crippen molar-refractivity contribution in [3.63, 3.8) is 0 Å². The van der Waals surface area contributed by atoms with Crippen molar-refractivity contribution < 1.29 is 29.1 Å². The van der Waals surface area contributed by atoms with Gasteiger partial charge in [0.25, 0.3) is 11.8 Å². The van der Waals surface area contributed by atoms with E-state index >= 15 is 0 Å². The van der Waals surface area contributed by atoms with Crippen molar-refractivity contribution in [1.82, 2.24) is 15.2 Å². The van der Waals surface area contributed by atoms with Crippen LogP contribution in [0.15, 0.2) is 72.8 Å². The predicted molar refractivity (Wildman–Crippen MR) is 157 cm³/mol. The number of primary amides is 1. The Morgan fingerprint density at radius 1 is 1.02 bits per heavy atom. The molecule has 0 bridgehead atoms. The second-order valence-corrected chi connectivity index (χ2v) is 10.8. The van der Waals surface area contributed by atoms with Gasteiger partial charge in [-0.15, -0.1) is 0 Å². The van der Waals surface area contributed by atoms with E-state index < -0.39 is 47.8 Å². The average molecular weight is 580 g/mol. The molecule has 3 heterocycles. The largest absolute Gasteiger partial charge is 0.480 e. The summed E-state index contributed by atoms with van der Waals surface area (Å²) >= 11 is 0. The highest BCUT2D eigenvalue weighted by Gasteiger charge is 2.53. The lowest BCUT2D eigenvalue weighted by Gasteiger charge is -2.36. The first-order valence-electron chi connectivity index (χ1n) is 13.9. The van der Waals surface area contributed by atoms with Gasteiger partial charge in [-0.3, -0.25) is 19.3 Å². The number of fused-ring (bicyclic) bond motifs is 4. The van der Waals surface area contributed by atoms with E-state index in [0.29, 0.717) is 0 Å². The van der Waals surface area contributed by atoms with Gasteiger partial charge in [-0.1, -0.05) is 60.2 Å². The van der Waals surface area contributed by atoms with Gasteiger partial charge >= 0.3 is 12.0 Å². The van der Waals surface area contributed by atoms with Gasteiger partial charge in [0.05, 0.1) is 11.3 Å². The molecule has 1 fully saturated rings. The number of anilines is 1. The molecule has 5 amide bonds. The van der Waals surface area contributed by atoms with E-state index in [2.05, 4.69) is 10.3 Å². The van der Waals surface area contributed by atoms with Crippen molar-refractivity contribution in [2.45, 2.75) is 44.3 Å². The molecule has 43 heavy (non-hydrogen) atoms. The fourth-order valence-corrected chi connectivity index (χ4v) is 6.03. The number of rotatable bonds is 8. The zero-order valence-electron chi connectivity index (χ0n) is 23.2. The molecular formula is C32H29N5O6. The maximum atomic E-state index is 14.2. The van der Waals surface area contributed by atoms with Gasteiger partial charge < -0.3 is 21.1 Å². The molecular weight excluding hydrogens is 550 g/mol. The number of aryl methyl sites for hydroxylation is 1. The number of carbonyl (C=O) groups is 5. The Bertz CT molecular complexity index is 1800. The van der Waals surface area contributed by atoms with Crippen LogP contribution >= 0.6 is 0 Å². The number of imide groups is 1. The number of hydrogen-bond donors (Lipinski definition) is 4. The summed E-state index contributed by atoms with van der Waals surface area (Å²) in [6.45, 7) is 1.97. The Labute approximate surface area is 246 Å². The number of nitrogens with zero attached hydrogens (tertiary/aromatic N) is 2. The minimum absolute atomic E-state index is 0.0413. The van der Waals surface area contributed by atoms with Crippen molar-refractivity contribution >= 4 is 46.3 Å². The molecule has 0 spiro atoms. The van der Waals surface area contributed by atoms with Crippen LogP contribution in [-0.2, 0) is 20.8 Å². The molecule has 3 aromatic carbocycles. The lowest BCUT2D eigenvalue weighted by Crippen LogP contribution is -2.44. The monoisotopic (exact) mass is 579 g/mol. The minimum atomic E-state index is -1.39. The average Bonchev–Trinajstić information content (AvgIpc) is 3.48. The number of nitrogens with one attached hydrogen (secondary N) is 2. The maximum Gasteiger partial charge on any atom is 0.332 e. The number of benzene rings is 3. The molecule has 3 atom stereocenters.